The third-order valence-electron chi connectivity index (χ3n) is 4.35. The first-order valence-electron chi connectivity index (χ1n) is 7.50. The van der Waals surface area contributed by atoms with Gasteiger partial charge in [0, 0.05) is 23.1 Å². The number of carbonyl (C=O) groups excluding carboxylic acids is 1. The fourth-order valence-electron chi connectivity index (χ4n) is 3.59. The van der Waals surface area contributed by atoms with Gasteiger partial charge in [0.15, 0.2) is 0 Å². The minimum absolute atomic E-state index is 0.0498. The number of aromatic nitrogens is 1. The van der Waals surface area contributed by atoms with Crippen LogP contribution in [0, 0.1) is 11.8 Å². The van der Waals surface area contributed by atoms with Gasteiger partial charge < -0.3 is 10.3 Å². The zero-order valence-corrected chi connectivity index (χ0v) is 12.1. The molecule has 2 N–H and O–H groups in total. The van der Waals surface area contributed by atoms with Gasteiger partial charge in [-0.25, -0.2) is 0 Å². The second kappa shape index (κ2) is 5.31. The molecule has 106 valence electrons. The van der Waals surface area contributed by atoms with Crippen LogP contribution >= 0.6 is 0 Å². The highest BCUT2D eigenvalue weighted by Crippen LogP contribution is 2.29. The van der Waals surface area contributed by atoms with Gasteiger partial charge in [-0.15, -0.1) is 0 Å². The van der Waals surface area contributed by atoms with Gasteiger partial charge in [-0.2, -0.15) is 0 Å². The second-order valence-corrected chi connectivity index (χ2v) is 6.34. The van der Waals surface area contributed by atoms with Crippen LogP contribution in [-0.4, -0.2) is 16.9 Å². The van der Waals surface area contributed by atoms with Gasteiger partial charge in [0.2, 0.25) is 0 Å². The Bertz CT molecular complexity index is 606. The van der Waals surface area contributed by atoms with E-state index in [1.807, 2.05) is 30.5 Å². The zero-order chi connectivity index (χ0) is 14.1. The summed E-state index contributed by atoms with van der Waals surface area (Å²) in [6, 6.07) is 8.25. The molecule has 1 aliphatic rings. The van der Waals surface area contributed by atoms with Gasteiger partial charge in [0.1, 0.15) is 0 Å². The molecule has 0 bridgehead atoms. The highest BCUT2D eigenvalue weighted by atomic mass is 16.1. The van der Waals surface area contributed by atoms with Crippen LogP contribution in [-0.2, 0) is 0 Å². The lowest BCUT2D eigenvalue weighted by Crippen LogP contribution is -2.39. The van der Waals surface area contributed by atoms with Crippen molar-refractivity contribution in [3.05, 3.63) is 36.0 Å². The molecule has 3 nitrogen and oxygen atoms in total. The van der Waals surface area contributed by atoms with Crippen molar-refractivity contribution in [1.29, 1.82) is 0 Å². The van der Waals surface area contributed by atoms with E-state index in [-0.39, 0.29) is 5.91 Å². The minimum Gasteiger partial charge on any atom is -0.360 e. The number of carbonyl (C=O) groups is 1. The molecule has 2 unspecified atom stereocenters. The maximum Gasteiger partial charge on any atom is 0.253 e. The fraction of sp³-hybridized carbons (Fsp3) is 0.471. The molecule has 1 aliphatic carbocycles. The Hall–Kier alpha value is -1.77. The average molecular weight is 270 g/mol. The van der Waals surface area contributed by atoms with Crippen LogP contribution in [0.4, 0.5) is 0 Å². The van der Waals surface area contributed by atoms with E-state index >= 15 is 0 Å². The molecule has 0 radical (unpaired) electrons. The van der Waals surface area contributed by atoms with Crippen LogP contribution in [0.25, 0.3) is 10.9 Å². The summed E-state index contributed by atoms with van der Waals surface area (Å²) < 4.78 is 0. The Morgan fingerprint density at radius 3 is 2.60 bits per heavy atom. The first-order chi connectivity index (χ1) is 9.63. The van der Waals surface area contributed by atoms with E-state index in [1.165, 1.54) is 6.42 Å². The summed E-state index contributed by atoms with van der Waals surface area (Å²) in [5.41, 5.74) is 1.77. The molecular weight excluding hydrogens is 248 g/mol. The Kier molecular flexibility index (Phi) is 3.51. The van der Waals surface area contributed by atoms with Gasteiger partial charge in [-0.1, -0.05) is 32.0 Å². The normalized spacial score (nSPS) is 26.6. The van der Waals surface area contributed by atoms with Crippen molar-refractivity contribution >= 4 is 16.8 Å². The number of fused-ring (bicyclic) bond motifs is 1. The van der Waals surface area contributed by atoms with Crippen molar-refractivity contribution < 1.29 is 4.79 Å². The summed E-state index contributed by atoms with van der Waals surface area (Å²) >= 11 is 0. The number of aromatic amines is 1. The Morgan fingerprint density at radius 1 is 1.15 bits per heavy atom. The van der Waals surface area contributed by atoms with E-state index in [2.05, 4.69) is 24.1 Å². The molecule has 0 saturated heterocycles. The maximum atomic E-state index is 12.5. The van der Waals surface area contributed by atoms with Crippen LogP contribution in [0.1, 0.15) is 43.5 Å². The second-order valence-electron chi connectivity index (χ2n) is 6.34. The fourth-order valence-corrected chi connectivity index (χ4v) is 3.59. The number of amides is 1. The maximum absolute atomic E-state index is 12.5. The van der Waals surface area contributed by atoms with Crippen molar-refractivity contribution in [3.63, 3.8) is 0 Å². The van der Waals surface area contributed by atoms with Crippen molar-refractivity contribution in [2.45, 2.75) is 39.2 Å². The number of H-pyrrole nitrogens is 1. The van der Waals surface area contributed by atoms with E-state index in [0.717, 1.165) is 29.3 Å². The summed E-state index contributed by atoms with van der Waals surface area (Å²) in [6.07, 6.45) is 5.28. The highest BCUT2D eigenvalue weighted by molar-refractivity contribution is 6.06. The van der Waals surface area contributed by atoms with E-state index < -0.39 is 0 Å². The van der Waals surface area contributed by atoms with Crippen molar-refractivity contribution in [3.8, 4) is 0 Å². The molecule has 2 aromatic rings. The van der Waals surface area contributed by atoms with E-state index in [4.69, 9.17) is 0 Å². The molecule has 1 aromatic carbocycles. The molecule has 3 rings (SSSR count). The number of para-hydroxylation sites is 1. The van der Waals surface area contributed by atoms with Crippen LogP contribution in [0.5, 0.6) is 0 Å². The molecule has 20 heavy (non-hydrogen) atoms. The van der Waals surface area contributed by atoms with Gasteiger partial charge in [-0.05, 0) is 37.2 Å². The predicted molar refractivity (Wildman–Crippen MR) is 81.7 cm³/mol. The number of hydrogen-bond acceptors (Lipinski definition) is 1. The van der Waals surface area contributed by atoms with Crippen LogP contribution in [0.3, 0.4) is 0 Å². The van der Waals surface area contributed by atoms with Gasteiger partial charge >= 0.3 is 0 Å². The lowest BCUT2D eigenvalue weighted by molar-refractivity contribution is 0.0913. The summed E-state index contributed by atoms with van der Waals surface area (Å²) in [5.74, 6) is 1.45. The van der Waals surface area contributed by atoms with E-state index in [1.54, 1.807) is 0 Å². The standard InChI is InChI=1S/C17H22N2O/c1-11-7-12(2)9-13(8-11)19-17(20)15-10-18-16-6-4-3-5-14(15)16/h3-6,10-13,18H,7-9H2,1-2H3,(H,19,20). The van der Waals surface area contributed by atoms with Crippen LogP contribution in [0.2, 0.25) is 0 Å². The number of hydrogen-bond donors (Lipinski definition) is 2. The molecule has 1 heterocycles. The average Bonchev–Trinajstić information content (AvgIpc) is 2.81. The quantitative estimate of drug-likeness (QED) is 0.858. The summed E-state index contributed by atoms with van der Waals surface area (Å²) in [4.78, 5) is 15.6. The molecule has 1 fully saturated rings. The first-order valence-corrected chi connectivity index (χ1v) is 7.50. The Labute approximate surface area is 119 Å². The molecule has 1 amide bonds. The molecule has 1 aromatic heterocycles. The molecule has 1 saturated carbocycles. The van der Waals surface area contributed by atoms with E-state index in [0.29, 0.717) is 17.9 Å². The topological polar surface area (TPSA) is 44.9 Å². The third-order valence-corrected chi connectivity index (χ3v) is 4.35. The largest absolute Gasteiger partial charge is 0.360 e. The lowest BCUT2D eigenvalue weighted by atomic mass is 9.80. The lowest BCUT2D eigenvalue weighted by Gasteiger charge is -2.31. The Morgan fingerprint density at radius 2 is 1.85 bits per heavy atom. The smallest absolute Gasteiger partial charge is 0.253 e. The van der Waals surface area contributed by atoms with Gasteiger partial charge in [0.05, 0.1) is 5.56 Å². The number of benzene rings is 1. The number of nitrogens with one attached hydrogen (secondary N) is 2. The van der Waals surface area contributed by atoms with Crippen molar-refractivity contribution in [2.75, 3.05) is 0 Å². The van der Waals surface area contributed by atoms with Gasteiger partial charge in [0.25, 0.3) is 5.91 Å². The summed E-state index contributed by atoms with van der Waals surface area (Å²) in [6.45, 7) is 4.56. The third kappa shape index (κ3) is 2.58. The van der Waals surface area contributed by atoms with E-state index in [9.17, 15) is 4.79 Å². The molecule has 3 heteroatoms. The van der Waals surface area contributed by atoms with Crippen molar-refractivity contribution in [2.24, 2.45) is 11.8 Å². The van der Waals surface area contributed by atoms with Gasteiger partial charge in [-0.3, -0.25) is 4.79 Å². The van der Waals surface area contributed by atoms with Crippen LogP contribution in [0.15, 0.2) is 30.5 Å². The molecule has 2 atom stereocenters. The minimum atomic E-state index is 0.0498. The van der Waals surface area contributed by atoms with Crippen molar-refractivity contribution in [1.82, 2.24) is 10.3 Å². The predicted octanol–water partition coefficient (Wildman–Crippen LogP) is 3.72. The summed E-state index contributed by atoms with van der Waals surface area (Å²) in [5, 5.41) is 4.22. The monoisotopic (exact) mass is 270 g/mol. The van der Waals surface area contributed by atoms with Crippen LogP contribution < -0.4 is 5.32 Å². The highest BCUT2D eigenvalue weighted by Gasteiger charge is 2.25. The SMILES string of the molecule is CC1CC(C)CC(NC(=O)c2c[nH]c3ccccc23)C1. The number of rotatable bonds is 2. The molecule has 0 aliphatic heterocycles. The Balaban J connectivity index is 1.76. The summed E-state index contributed by atoms with van der Waals surface area (Å²) in [7, 11) is 0. The molecular formula is C17H22N2O. The first kappa shape index (κ1) is 13.2. The molecule has 0 spiro atoms. The zero-order valence-electron chi connectivity index (χ0n) is 12.1.